The van der Waals surface area contributed by atoms with Crippen LogP contribution in [-0.4, -0.2) is 23.8 Å². The molecule has 0 aromatic heterocycles. The lowest BCUT2D eigenvalue weighted by Crippen LogP contribution is -2.43. The highest BCUT2D eigenvalue weighted by Crippen LogP contribution is 2.44. The van der Waals surface area contributed by atoms with Crippen molar-refractivity contribution in [3.05, 3.63) is 0 Å². The summed E-state index contributed by atoms with van der Waals surface area (Å²) in [4.78, 5) is 0. The van der Waals surface area contributed by atoms with Crippen molar-refractivity contribution in [1.29, 1.82) is 0 Å². The van der Waals surface area contributed by atoms with E-state index in [-0.39, 0.29) is 0 Å². The molecule has 3 rings (SSSR count). The maximum atomic E-state index is 9.15. The van der Waals surface area contributed by atoms with Crippen LogP contribution in [0.15, 0.2) is 0 Å². The van der Waals surface area contributed by atoms with E-state index < -0.39 is 0 Å². The molecule has 0 aromatic carbocycles. The Morgan fingerprint density at radius 2 is 1.82 bits per heavy atom. The molecule has 0 aromatic rings. The van der Waals surface area contributed by atoms with Gasteiger partial charge in [0.05, 0.1) is 0 Å². The van der Waals surface area contributed by atoms with E-state index >= 15 is 0 Å². The Morgan fingerprint density at radius 1 is 1.00 bits per heavy atom. The quantitative estimate of drug-likeness (QED) is 0.744. The van der Waals surface area contributed by atoms with Crippen LogP contribution in [0.2, 0.25) is 0 Å². The number of nitrogens with one attached hydrogen (secondary N) is 1. The van der Waals surface area contributed by atoms with E-state index in [0.717, 1.165) is 30.2 Å². The molecule has 0 radical (unpaired) electrons. The van der Waals surface area contributed by atoms with Crippen molar-refractivity contribution in [2.45, 2.75) is 69.9 Å². The fourth-order valence-corrected chi connectivity index (χ4v) is 3.77. The van der Waals surface area contributed by atoms with Gasteiger partial charge in [-0.1, -0.05) is 12.8 Å². The fourth-order valence-electron chi connectivity index (χ4n) is 3.77. The Bertz CT molecular complexity index is 247. The van der Waals surface area contributed by atoms with Crippen LogP contribution < -0.4 is 5.32 Å². The van der Waals surface area contributed by atoms with Crippen LogP contribution in [0, 0.1) is 17.8 Å². The molecule has 3 saturated carbocycles. The summed E-state index contributed by atoms with van der Waals surface area (Å²) in [6, 6.07) is 1.37. The van der Waals surface area contributed by atoms with Crippen molar-refractivity contribution in [3.8, 4) is 0 Å². The van der Waals surface area contributed by atoms with Crippen LogP contribution >= 0.6 is 0 Å². The second kappa shape index (κ2) is 5.27. The summed E-state index contributed by atoms with van der Waals surface area (Å²) < 4.78 is 0. The molecule has 3 aliphatic rings. The van der Waals surface area contributed by atoms with Gasteiger partial charge in [0.15, 0.2) is 0 Å². The van der Waals surface area contributed by atoms with Crippen LogP contribution in [-0.2, 0) is 0 Å². The molecule has 17 heavy (non-hydrogen) atoms. The van der Waals surface area contributed by atoms with Gasteiger partial charge in [-0.15, -0.1) is 0 Å². The Morgan fingerprint density at radius 3 is 2.47 bits per heavy atom. The number of rotatable bonds is 6. The predicted molar refractivity (Wildman–Crippen MR) is 69.8 cm³/mol. The van der Waals surface area contributed by atoms with Gasteiger partial charge in [-0.3, -0.25) is 0 Å². The zero-order valence-electron chi connectivity index (χ0n) is 10.9. The van der Waals surface area contributed by atoms with Crippen molar-refractivity contribution in [2.75, 3.05) is 6.61 Å². The van der Waals surface area contributed by atoms with Gasteiger partial charge in [0.25, 0.3) is 0 Å². The van der Waals surface area contributed by atoms with E-state index in [1.54, 1.807) is 0 Å². The second-order valence-corrected chi connectivity index (χ2v) is 6.58. The number of hydrogen-bond acceptors (Lipinski definition) is 2. The molecule has 0 spiro atoms. The smallest absolute Gasteiger partial charge is 0.0445 e. The van der Waals surface area contributed by atoms with E-state index in [1.165, 1.54) is 51.4 Å². The summed E-state index contributed by atoms with van der Waals surface area (Å²) in [6.45, 7) is 0.354. The topological polar surface area (TPSA) is 32.3 Å². The minimum Gasteiger partial charge on any atom is -0.396 e. The Balaban J connectivity index is 1.48. The molecule has 0 amide bonds. The average Bonchev–Trinajstić information content (AvgIpc) is 3.18. The minimum absolute atomic E-state index is 0.354. The summed E-state index contributed by atoms with van der Waals surface area (Å²) in [5.74, 6) is 2.98. The highest BCUT2D eigenvalue weighted by Gasteiger charge is 2.37. The van der Waals surface area contributed by atoms with Crippen LogP contribution in [0.3, 0.4) is 0 Å². The third-order valence-electron chi connectivity index (χ3n) is 5.08. The first kappa shape index (κ1) is 12.0. The molecule has 2 N–H and O–H groups in total. The highest BCUT2D eigenvalue weighted by atomic mass is 16.3. The Labute approximate surface area is 105 Å². The number of hydrogen-bond donors (Lipinski definition) is 2. The molecule has 2 nitrogen and oxygen atoms in total. The molecule has 0 bridgehead atoms. The van der Waals surface area contributed by atoms with Gasteiger partial charge < -0.3 is 10.4 Å². The first-order valence-corrected chi connectivity index (χ1v) is 7.73. The second-order valence-electron chi connectivity index (χ2n) is 6.58. The summed E-state index contributed by atoms with van der Waals surface area (Å²) in [5.41, 5.74) is 0. The average molecular weight is 237 g/mol. The van der Waals surface area contributed by atoms with Gasteiger partial charge in [0, 0.05) is 18.7 Å². The lowest BCUT2D eigenvalue weighted by molar-refractivity contribution is 0.211. The first-order chi connectivity index (χ1) is 8.36. The van der Waals surface area contributed by atoms with Crippen molar-refractivity contribution < 1.29 is 5.11 Å². The molecular weight excluding hydrogens is 210 g/mol. The maximum Gasteiger partial charge on any atom is 0.0445 e. The van der Waals surface area contributed by atoms with Crippen molar-refractivity contribution in [2.24, 2.45) is 17.8 Å². The van der Waals surface area contributed by atoms with Crippen molar-refractivity contribution in [1.82, 2.24) is 5.32 Å². The highest BCUT2D eigenvalue weighted by molar-refractivity contribution is 4.92. The zero-order valence-corrected chi connectivity index (χ0v) is 10.9. The molecule has 3 aliphatic carbocycles. The normalized spacial score (nSPS) is 35.8. The molecule has 98 valence electrons. The molecule has 3 atom stereocenters. The Kier molecular flexibility index (Phi) is 3.72. The van der Waals surface area contributed by atoms with Gasteiger partial charge >= 0.3 is 0 Å². The van der Waals surface area contributed by atoms with Gasteiger partial charge in [0.1, 0.15) is 0 Å². The molecule has 0 aliphatic heterocycles. The third kappa shape index (κ3) is 3.23. The zero-order chi connectivity index (χ0) is 11.7. The molecular formula is C15H27NO. The lowest BCUT2D eigenvalue weighted by Gasteiger charge is -2.33. The minimum atomic E-state index is 0.354. The maximum absolute atomic E-state index is 9.15. The Hall–Kier alpha value is -0.0800. The van der Waals surface area contributed by atoms with Gasteiger partial charge in [0.2, 0.25) is 0 Å². The number of aliphatic hydroxyl groups excluding tert-OH is 1. The van der Waals surface area contributed by atoms with E-state index in [1.807, 2.05) is 0 Å². The van der Waals surface area contributed by atoms with Crippen LogP contribution in [0.1, 0.15) is 57.8 Å². The van der Waals surface area contributed by atoms with E-state index in [4.69, 9.17) is 5.11 Å². The van der Waals surface area contributed by atoms with E-state index in [2.05, 4.69) is 5.32 Å². The van der Waals surface area contributed by atoms with Crippen molar-refractivity contribution in [3.63, 3.8) is 0 Å². The largest absolute Gasteiger partial charge is 0.396 e. The third-order valence-corrected chi connectivity index (χ3v) is 5.08. The van der Waals surface area contributed by atoms with Gasteiger partial charge in [-0.2, -0.15) is 0 Å². The lowest BCUT2D eigenvalue weighted by atomic mass is 9.82. The summed E-state index contributed by atoms with van der Waals surface area (Å²) >= 11 is 0. The van der Waals surface area contributed by atoms with E-state index in [9.17, 15) is 0 Å². The summed E-state index contributed by atoms with van der Waals surface area (Å²) in [7, 11) is 0. The van der Waals surface area contributed by atoms with Gasteiger partial charge in [-0.05, 0) is 62.7 Å². The first-order valence-electron chi connectivity index (χ1n) is 7.73. The fraction of sp³-hybridized carbons (Fsp3) is 1.00. The molecule has 0 heterocycles. The molecule has 3 fully saturated rings. The monoisotopic (exact) mass is 237 g/mol. The van der Waals surface area contributed by atoms with Crippen LogP contribution in [0.5, 0.6) is 0 Å². The SMILES string of the molecule is OCCC(NC1CCCC(C2CC2)C1)C1CC1. The molecule has 2 heteroatoms. The van der Waals surface area contributed by atoms with E-state index in [0.29, 0.717) is 12.6 Å². The van der Waals surface area contributed by atoms with Crippen molar-refractivity contribution >= 4 is 0 Å². The molecule has 3 unspecified atom stereocenters. The van der Waals surface area contributed by atoms with Crippen LogP contribution in [0.4, 0.5) is 0 Å². The standard InChI is InChI=1S/C15H27NO/c17-9-8-15(12-6-7-12)16-14-3-1-2-13(10-14)11-4-5-11/h11-17H,1-10H2. The molecule has 0 saturated heterocycles. The predicted octanol–water partition coefficient (Wildman–Crippen LogP) is 2.71. The van der Waals surface area contributed by atoms with Gasteiger partial charge in [-0.25, -0.2) is 0 Å². The summed E-state index contributed by atoms with van der Waals surface area (Å²) in [5, 5.41) is 13.0. The van der Waals surface area contributed by atoms with Crippen LogP contribution in [0.25, 0.3) is 0 Å². The summed E-state index contributed by atoms with van der Waals surface area (Å²) in [6.07, 6.45) is 12.4. The number of aliphatic hydroxyl groups is 1.